The molecule has 170 valence electrons. The van der Waals surface area contributed by atoms with Crippen molar-refractivity contribution >= 4 is 44.4 Å². The highest BCUT2D eigenvalue weighted by molar-refractivity contribution is 7.21. The van der Waals surface area contributed by atoms with Crippen LogP contribution < -0.4 is 10.5 Å². The third-order valence-electron chi connectivity index (χ3n) is 5.38. The minimum atomic E-state index is -0.518. The van der Waals surface area contributed by atoms with E-state index in [-0.39, 0.29) is 6.09 Å². The van der Waals surface area contributed by atoms with E-state index >= 15 is 0 Å². The number of hydrogen-bond donors (Lipinski definition) is 0. The second-order valence-corrected chi connectivity index (χ2v) is 10.00. The lowest BCUT2D eigenvalue weighted by atomic mass is 10.2. The molecule has 1 aliphatic rings. The summed E-state index contributed by atoms with van der Waals surface area (Å²) >= 11 is 1.46. The van der Waals surface area contributed by atoms with E-state index in [4.69, 9.17) is 9.15 Å². The molecule has 0 atom stereocenters. The number of piperazine rings is 1. The molecule has 1 aromatic carbocycles. The number of ether oxygens (including phenoxy) is 1. The van der Waals surface area contributed by atoms with E-state index in [1.54, 1.807) is 23.2 Å². The first-order chi connectivity index (χ1) is 15.8. The van der Waals surface area contributed by atoms with Crippen LogP contribution in [0.2, 0.25) is 0 Å². The number of aromatic nitrogens is 2. The van der Waals surface area contributed by atoms with Gasteiger partial charge in [-0.15, -0.1) is 11.3 Å². The lowest BCUT2D eigenvalue weighted by Crippen LogP contribution is -2.50. The largest absolute Gasteiger partial charge is 0.444 e. The van der Waals surface area contributed by atoms with Crippen LogP contribution >= 0.6 is 11.3 Å². The molecule has 1 amide bonds. The zero-order chi connectivity index (χ0) is 23.2. The van der Waals surface area contributed by atoms with E-state index in [0.717, 1.165) is 15.6 Å². The smallest absolute Gasteiger partial charge is 0.410 e. The summed E-state index contributed by atoms with van der Waals surface area (Å²) in [6.07, 6.45) is 1.41. The first-order valence-corrected chi connectivity index (χ1v) is 11.6. The van der Waals surface area contributed by atoms with Crippen molar-refractivity contribution in [3.63, 3.8) is 0 Å². The highest BCUT2D eigenvalue weighted by atomic mass is 32.1. The first-order valence-electron chi connectivity index (χ1n) is 10.8. The normalized spacial score (nSPS) is 14.8. The number of rotatable bonds is 2. The Morgan fingerprint density at radius 2 is 1.88 bits per heavy atom. The molecular formula is C24H24N4O4S. The second-order valence-electron chi connectivity index (χ2n) is 8.97. The number of anilines is 1. The van der Waals surface area contributed by atoms with E-state index in [2.05, 4.69) is 14.9 Å². The lowest BCUT2D eigenvalue weighted by Gasteiger charge is -2.36. The summed E-state index contributed by atoms with van der Waals surface area (Å²) in [5, 5.41) is 1.37. The number of pyridine rings is 1. The number of para-hydroxylation sites is 1. The van der Waals surface area contributed by atoms with E-state index in [1.165, 1.54) is 11.3 Å². The zero-order valence-corrected chi connectivity index (χ0v) is 19.5. The summed E-state index contributed by atoms with van der Waals surface area (Å²) in [6, 6.07) is 11.3. The number of benzene rings is 1. The van der Waals surface area contributed by atoms with Crippen LogP contribution in [-0.4, -0.2) is 52.7 Å². The molecule has 1 saturated heterocycles. The third kappa shape index (κ3) is 4.41. The summed E-state index contributed by atoms with van der Waals surface area (Å²) < 4.78 is 12.1. The van der Waals surface area contributed by atoms with Crippen molar-refractivity contribution in [3.05, 3.63) is 53.0 Å². The fourth-order valence-corrected chi connectivity index (χ4v) is 4.73. The van der Waals surface area contributed by atoms with Crippen LogP contribution in [0.5, 0.6) is 0 Å². The van der Waals surface area contributed by atoms with E-state index in [9.17, 15) is 9.59 Å². The van der Waals surface area contributed by atoms with Crippen molar-refractivity contribution in [2.24, 2.45) is 0 Å². The molecule has 1 fully saturated rings. The van der Waals surface area contributed by atoms with Crippen molar-refractivity contribution in [2.75, 3.05) is 31.1 Å². The molecule has 0 radical (unpaired) electrons. The van der Waals surface area contributed by atoms with Gasteiger partial charge in [-0.3, -0.25) is 0 Å². The molecular weight excluding hydrogens is 440 g/mol. The van der Waals surface area contributed by atoms with Gasteiger partial charge in [0.15, 0.2) is 0 Å². The Morgan fingerprint density at radius 1 is 1.12 bits per heavy atom. The second kappa shape index (κ2) is 8.15. The van der Waals surface area contributed by atoms with Crippen molar-refractivity contribution in [1.29, 1.82) is 0 Å². The summed E-state index contributed by atoms with van der Waals surface area (Å²) in [7, 11) is 0. The summed E-state index contributed by atoms with van der Waals surface area (Å²) in [5.74, 6) is 0.710. The Balaban J connectivity index is 1.36. The number of carbonyl (C=O) groups excluding carboxylic acids is 1. The molecule has 0 saturated carbocycles. The van der Waals surface area contributed by atoms with Gasteiger partial charge >= 0.3 is 11.7 Å². The molecule has 0 N–H and O–H groups in total. The highest BCUT2D eigenvalue weighted by Crippen LogP contribution is 2.30. The summed E-state index contributed by atoms with van der Waals surface area (Å²) in [4.78, 5) is 38.0. The van der Waals surface area contributed by atoms with Crippen LogP contribution in [0.3, 0.4) is 0 Å². The molecule has 3 aromatic heterocycles. The molecule has 0 bridgehead atoms. The maximum absolute atomic E-state index is 12.7. The highest BCUT2D eigenvalue weighted by Gasteiger charge is 2.26. The number of hydrogen-bond acceptors (Lipinski definition) is 8. The average Bonchev–Trinajstić information content (AvgIpc) is 3.21. The van der Waals surface area contributed by atoms with Crippen molar-refractivity contribution in [2.45, 2.75) is 26.4 Å². The van der Waals surface area contributed by atoms with Crippen molar-refractivity contribution < 1.29 is 13.9 Å². The third-order valence-corrected chi connectivity index (χ3v) is 6.45. The van der Waals surface area contributed by atoms with Crippen LogP contribution in [0.1, 0.15) is 20.8 Å². The number of fused-ring (bicyclic) bond motifs is 2. The molecule has 0 aliphatic carbocycles. The minimum absolute atomic E-state index is 0.304. The van der Waals surface area contributed by atoms with Gasteiger partial charge in [-0.2, -0.15) is 0 Å². The van der Waals surface area contributed by atoms with Crippen molar-refractivity contribution in [3.8, 4) is 10.6 Å². The number of thiazole rings is 1. The SMILES string of the molecule is CC(C)(C)OC(=O)N1CCN(c2cc3oc(=O)c(-c4nc5ccccc5s4)cc3cn2)CC1. The van der Waals surface area contributed by atoms with Gasteiger partial charge in [0, 0.05) is 43.8 Å². The van der Waals surface area contributed by atoms with Crippen molar-refractivity contribution in [1.82, 2.24) is 14.9 Å². The number of carbonyl (C=O) groups is 1. The van der Waals surface area contributed by atoms with Gasteiger partial charge in [-0.05, 0) is 39.0 Å². The summed E-state index contributed by atoms with van der Waals surface area (Å²) in [6.45, 7) is 7.88. The van der Waals surface area contributed by atoms with Gasteiger partial charge in [0.1, 0.15) is 22.0 Å². The monoisotopic (exact) mass is 464 g/mol. The number of nitrogens with zero attached hydrogens (tertiary/aromatic N) is 4. The van der Waals surface area contributed by atoms with Gasteiger partial charge < -0.3 is 19.0 Å². The van der Waals surface area contributed by atoms with Gasteiger partial charge in [0.2, 0.25) is 0 Å². The van der Waals surface area contributed by atoms with Crippen LogP contribution in [0, 0.1) is 0 Å². The Kier molecular flexibility index (Phi) is 5.28. The fraction of sp³-hybridized carbons (Fsp3) is 0.333. The minimum Gasteiger partial charge on any atom is -0.444 e. The summed E-state index contributed by atoms with van der Waals surface area (Å²) in [5.41, 5.74) is 0.827. The van der Waals surface area contributed by atoms with E-state index < -0.39 is 11.2 Å². The molecule has 4 heterocycles. The molecule has 33 heavy (non-hydrogen) atoms. The molecule has 0 unspecified atom stereocenters. The molecule has 5 rings (SSSR count). The maximum atomic E-state index is 12.7. The Hall–Kier alpha value is -3.46. The maximum Gasteiger partial charge on any atom is 0.410 e. The quantitative estimate of drug-likeness (QED) is 0.431. The first kappa shape index (κ1) is 21.4. The van der Waals surface area contributed by atoms with Gasteiger partial charge in [-0.25, -0.2) is 19.6 Å². The van der Waals surface area contributed by atoms with Gasteiger partial charge in [0.25, 0.3) is 0 Å². The van der Waals surface area contributed by atoms with E-state index in [1.807, 2.05) is 45.0 Å². The Morgan fingerprint density at radius 3 is 2.61 bits per heavy atom. The molecule has 4 aromatic rings. The molecule has 1 aliphatic heterocycles. The topological polar surface area (TPSA) is 88.8 Å². The Bertz CT molecular complexity index is 1360. The van der Waals surface area contributed by atoms with Crippen LogP contribution in [0.4, 0.5) is 10.6 Å². The Labute approximate surface area is 194 Å². The van der Waals surface area contributed by atoms with Gasteiger partial charge in [-0.1, -0.05) is 12.1 Å². The van der Waals surface area contributed by atoms with Gasteiger partial charge in [0.05, 0.1) is 15.8 Å². The number of amides is 1. The molecule has 8 nitrogen and oxygen atoms in total. The van der Waals surface area contributed by atoms with Crippen LogP contribution in [0.25, 0.3) is 31.8 Å². The molecule has 9 heteroatoms. The predicted octanol–water partition coefficient (Wildman–Crippen LogP) is 4.52. The fourth-order valence-electron chi connectivity index (χ4n) is 3.76. The molecule has 0 spiro atoms. The standard InChI is InChI=1S/C24H24N4O4S/c1-24(2,3)32-23(30)28-10-8-27(9-11-28)20-13-18-15(14-25-20)12-16(22(29)31-18)21-26-17-6-4-5-7-19(17)33-21/h4-7,12-14H,8-11H2,1-3H3. The van der Waals surface area contributed by atoms with Crippen LogP contribution in [0.15, 0.2) is 51.8 Å². The predicted molar refractivity (Wildman–Crippen MR) is 129 cm³/mol. The average molecular weight is 465 g/mol. The zero-order valence-electron chi connectivity index (χ0n) is 18.7. The lowest BCUT2D eigenvalue weighted by molar-refractivity contribution is 0.0240. The van der Waals surface area contributed by atoms with Crippen LogP contribution in [-0.2, 0) is 4.74 Å². The van der Waals surface area contributed by atoms with E-state index in [0.29, 0.717) is 48.2 Å².